The Morgan fingerprint density at radius 2 is 2.44 bits per heavy atom. The van der Waals surface area contributed by atoms with Gasteiger partial charge in [0.15, 0.2) is 0 Å². The third-order valence-electron chi connectivity index (χ3n) is 3.76. The van der Waals surface area contributed by atoms with Crippen LogP contribution in [-0.2, 0) is 0 Å². The SMILES string of the molecule is O=C(c1ccoc1)N1CCC2CCNCC21. The van der Waals surface area contributed by atoms with Crippen LogP contribution in [0.1, 0.15) is 23.2 Å². The summed E-state index contributed by atoms with van der Waals surface area (Å²) in [7, 11) is 0. The van der Waals surface area contributed by atoms with Gasteiger partial charge in [0, 0.05) is 19.1 Å². The van der Waals surface area contributed by atoms with E-state index in [2.05, 4.69) is 5.32 Å². The van der Waals surface area contributed by atoms with E-state index in [4.69, 9.17) is 4.42 Å². The molecule has 2 aliphatic heterocycles. The Morgan fingerprint density at radius 1 is 1.50 bits per heavy atom. The zero-order chi connectivity index (χ0) is 11.0. The second-order valence-electron chi connectivity index (χ2n) is 4.62. The summed E-state index contributed by atoms with van der Waals surface area (Å²) in [4.78, 5) is 14.2. The van der Waals surface area contributed by atoms with Crippen LogP contribution in [0.4, 0.5) is 0 Å². The van der Waals surface area contributed by atoms with Gasteiger partial charge >= 0.3 is 0 Å². The van der Waals surface area contributed by atoms with Crippen molar-refractivity contribution in [3.63, 3.8) is 0 Å². The Bertz CT molecular complexity index is 374. The Kier molecular flexibility index (Phi) is 2.44. The summed E-state index contributed by atoms with van der Waals surface area (Å²) >= 11 is 0. The number of hydrogen-bond acceptors (Lipinski definition) is 3. The molecule has 4 nitrogen and oxygen atoms in total. The minimum Gasteiger partial charge on any atom is -0.472 e. The monoisotopic (exact) mass is 220 g/mol. The van der Waals surface area contributed by atoms with Crippen molar-refractivity contribution >= 4 is 5.91 Å². The van der Waals surface area contributed by atoms with E-state index in [-0.39, 0.29) is 5.91 Å². The molecule has 2 aliphatic rings. The maximum atomic E-state index is 12.2. The van der Waals surface area contributed by atoms with Gasteiger partial charge in [-0.2, -0.15) is 0 Å². The number of carbonyl (C=O) groups excluding carboxylic acids is 1. The van der Waals surface area contributed by atoms with Gasteiger partial charge in [-0.1, -0.05) is 0 Å². The van der Waals surface area contributed by atoms with Crippen molar-refractivity contribution in [2.45, 2.75) is 18.9 Å². The summed E-state index contributed by atoms with van der Waals surface area (Å²) in [5, 5.41) is 3.37. The molecule has 4 heteroatoms. The van der Waals surface area contributed by atoms with E-state index in [1.54, 1.807) is 12.3 Å². The summed E-state index contributed by atoms with van der Waals surface area (Å²) in [5.74, 6) is 0.807. The number of nitrogens with zero attached hydrogens (tertiary/aromatic N) is 1. The van der Waals surface area contributed by atoms with Crippen LogP contribution in [0.2, 0.25) is 0 Å². The van der Waals surface area contributed by atoms with Crippen molar-refractivity contribution in [2.24, 2.45) is 5.92 Å². The first-order valence-electron chi connectivity index (χ1n) is 5.90. The standard InChI is InChI=1S/C12H16N2O2/c15-12(10-3-6-16-8-10)14-5-2-9-1-4-13-7-11(9)14/h3,6,8-9,11,13H,1-2,4-5,7H2. The minimum absolute atomic E-state index is 0.116. The molecule has 1 amide bonds. The number of nitrogens with one attached hydrogen (secondary N) is 1. The van der Waals surface area contributed by atoms with Crippen LogP contribution in [0.5, 0.6) is 0 Å². The van der Waals surface area contributed by atoms with E-state index in [0.29, 0.717) is 17.5 Å². The zero-order valence-corrected chi connectivity index (χ0v) is 9.19. The molecule has 2 atom stereocenters. The first-order valence-corrected chi connectivity index (χ1v) is 5.90. The number of rotatable bonds is 1. The number of amides is 1. The van der Waals surface area contributed by atoms with Gasteiger partial charge in [0.1, 0.15) is 6.26 Å². The van der Waals surface area contributed by atoms with Gasteiger partial charge < -0.3 is 14.6 Å². The Morgan fingerprint density at radius 3 is 3.25 bits per heavy atom. The highest BCUT2D eigenvalue weighted by Gasteiger charge is 2.38. The summed E-state index contributed by atoms with van der Waals surface area (Å²) < 4.78 is 4.97. The second-order valence-corrected chi connectivity index (χ2v) is 4.62. The van der Waals surface area contributed by atoms with Crippen molar-refractivity contribution in [1.82, 2.24) is 10.2 Å². The van der Waals surface area contributed by atoms with Crippen LogP contribution in [-0.4, -0.2) is 36.5 Å². The predicted octanol–water partition coefficient (Wildman–Crippen LogP) is 1.10. The average Bonchev–Trinajstić information content (AvgIpc) is 2.98. The third-order valence-corrected chi connectivity index (χ3v) is 3.76. The fourth-order valence-corrected chi connectivity index (χ4v) is 2.87. The van der Waals surface area contributed by atoms with E-state index >= 15 is 0 Å². The molecule has 16 heavy (non-hydrogen) atoms. The van der Waals surface area contributed by atoms with Crippen molar-refractivity contribution in [1.29, 1.82) is 0 Å². The van der Waals surface area contributed by atoms with Crippen molar-refractivity contribution in [2.75, 3.05) is 19.6 Å². The maximum absolute atomic E-state index is 12.2. The quantitative estimate of drug-likeness (QED) is 0.771. The van der Waals surface area contributed by atoms with Crippen molar-refractivity contribution in [3.8, 4) is 0 Å². The first-order chi connectivity index (χ1) is 7.86. The third kappa shape index (κ3) is 1.53. The van der Waals surface area contributed by atoms with Crippen LogP contribution in [0.15, 0.2) is 23.0 Å². The van der Waals surface area contributed by atoms with Gasteiger partial charge in [-0.15, -0.1) is 0 Å². The van der Waals surface area contributed by atoms with Gasteiger partial charge in [-0.05, 0) is 31.4 Å². The second kappa shape index (κ2) is 3.94. The lowest BCUT2D eigenvalue weighted by atomic mass is 9.93. The van der Waals surface area contributed by atoms with Crippen molar-refractivity contribution < 1.29 is 9.21 Å². The predicted molar refractivity (Wildman–Crippen MR) is 59.1 cm³/mol. The zero-order valence-electron chi connectivity index (χ0n) is 9.19. The molecule has 0 spiro atoms. The van der Waals surface area contributed by atoms with Crippen LogP contribution < -0.4 is 5.32 Å². The molecule has 0 bridgehead atoms. The highest BCUT2D eigenvalue weighted by molar-refractivity contribution is 5.94. The molecule has 0 saturated carbocycles. The van der Waals surface area contributed by atoms with E-state index in [1.165, 1.54) is 12.7 Å². The van der Waals surface area contributed by atoms with Crippen LogP contribution in [0.25, 0.3) is 0 Å². The normalized spacial score (nSPS) is 29.1. The summed E-state index contributed by atoms with van der Waals surface area (Å²) in [5.41, 5.74) is 0.672. The molecule has 86 valence electrons. The molecule has 0 radical (unpaired) electrons. The van der Waals surface area contributed by atoms with E-state index in [9.17, 15) is 4.79 Å². The lowest BCUT2D eigenvalue weighted by Gasteiger charge is -2.32. The number of likely N-dealkylation sites (tertiary alicyclic amines) is 1. The Labute approximate surface area is 94.6 Å². The molecule has 2 fully saturated rings. The Hall–Kier alpha value is -1.29. The van der Waals surface area contributed by atoms with Crippen LogP contribution in [0.3, 0.4) is 0 Å². The maximum Gasteiger partial charge on any atom is 0.257 e. The summed E-state index contributed by atoms with van der Waals surface area (Å²) in [6, 6.07) is 2.13. The topological polar surface area (TPSA) is 45.5 Å². The molecule has 2 saturated heterocycles. The van der Waals surface area contributed by atoms with E-state index in [1.807, 2.05) is 4.90 Å². The van der Waals surface area contributed by atoms with Gasteiger partial charge in [0.05, 0.1) is 11.8 Å². The van der Waals surface area contributed by atoms with E-state index in [0.717, 1.165) is 26.1 Å². The molecule has 1 aromatic rings. The lowest BCUT2D eigenvalue weighted by Crippen LogP contribution is -2.47. The largest absolute Gasteiger partial charge is 0.472 e. The van der Waals surface area contributed by atoms with Crippen molar-refractivity contribution in [3.05, 3.63) is 24.2 Å². The average molecular weight is 220 g/mol. The fraction of sp³-hybridized carbons (Fsp3) is 0.583. The Balaban J connectivity index is 1.78. The molecule has 0 aliphatic carbocycles. The number of hydrogen-bond donors (Lipinski definition) is 1. The number of furan rings is 1. The number of fused-ring (bicyclic) bond motifs is 1. The fourth-order valence-electron chi connectivity index (χ4n) is 2.87. The molecule has 2 unspecified atom stereocenters. The molecule has 3 rings (SSSR count). The highest BCUT2D eigenvalue weighted by atomic mass is 16.3. The molecule has 1 N–H and O–H groups in total. The minimum atomic E-state index is 0.116. The number of carbonyl (C=O) groups is 1. The molecule has 3 heterocycles. The van der Waals surface area contributed by atoms with Gasteiger partial charge in [0.25, 0.3) is 5.91 Å². The molecule has 1 aromatic heterocycles. The molecule has 0 aromatic carbocycles. The lowest BCUT2D eigenvalue weighted by molar-refractivity contribution is 0.0702. The smallest absolute Gasteiger partial charge is 0.257 e. The van der Waals surface area contributed by atoms with Crippen LogP contribution in [0, 0.1) is 5.92 Å². The summed E-state index contributed by atoms with van der Waals surface area (Å²) in [6.07, 6.45) is 5.43. The highest BCUT2D eigenvalue weighted by Crippen LogP contribution is 2.30. The van der Waals surface area contributed by atoms with Gasteiger partial charge in [-0.25, -0.2) is 0 Å². The van der Waals surface area contributed by atoms with E-state index < -0.39 is 0 Å². The molecular weight excluding hydrogens is 204 g/mol. The summed E-state index contributed by atoms with van der Waals surface area (Å²) in [6.45, 7) is 2.92. The van der Waals surface area contributed by atoms with Crippen LogP contribution >= 0.6 is 0 Å². The first kappa shape index (κ1) is 9.90. The number of piperidine rings is 1. The molecular formula is C12H16N2O2. The van der Waals surface area contributed by atoms with Gasteiger partial charge in [-0.3, -0.25) is 4.79 Å². The van der Waals surface area contributed by atoms with Gasteiger partial charge in [0.2, 0.25) is 0 Å².